The summed E-state index contributed by atoms with van der Waals surface area (Å²) in [6.45, 7) is 6.00. The van der Waals surface area contributed by atoms with E-state index in [2.05, 4.69) is 28.9 Å². The van der Waals surface area contributed by atoms with Crippen LogP contribution in [0.15, 0.2) is 11.6 Å². The number of ketones is 1. The first-order valence-corrected chi connectivity index (χ1v) is 12.7. The lowest BCUT2D eigenvalue weighted by atomic mass is 9.46. The molecular formula is C25H34BrFO5. The summed E-state index contributed by atoms with van der Waals surface area (Å²) >= 11 is 3.66. The van der Waals surface area contributed by atoms with Crippen LogP contribution in [0.4, 0.5) is 4.39 Å². The van der Waals surface area contributed by atoms with Gasteiger partial charge in [0.05, 0.1) is 4.83 Å². The number of esters is 2. The lowest BCUT2D eigenvalue weighted by Crippen LogP contribution is -2.61. The number of Topliss-reactive ketones (excluding diaryl/α,β-unsaturated/α-hetero) is 1. The molecular weight excluding hydrogens is 479 g/mol. The lowest BCUT2D eigenvalue weighted by molar-refractivity contribution is -0.187. The van der Waals surface area contributed by atoms with Crippen molar-refractivity contribution in [2.45, 2.75) is 89.2 Å². The highest BCUT2D eigenvalue weighted by molar-refractivity contribution is 9.09. The standard InChI is InChI=1S/C25H34BrFO5/c1-14(28)31-17-7-9-23(3)16(11-17)5-6-18-19(23)8-10-24(4)20(18)12-21(26)25(24,22(30)13-27)32-15(2)29/h5,17-21H,6-13H2,1-4H3/t17-,18+,19-,20-,21-,23-,24-,25-/m0/s1. The summed E-state index contributed by atoms with van der Waals surface area (Å²) < 4.78 is 25.0. The fraction of sp³-hybridized carbons (Fsp3) is 0.800. The Bertz CT molecular complexity index is 857. The first-order valence-electron chi connectivity index (χ1n) is 11.8. The molecule has 0 aromatic rings. The molecule has 0 radical (unpaired) electrons. The molecule has 0 aromatic carbocycles. The van der Waals surface area contributed by atoms with Crippen molar-refractivity contribution >= 4 is 33.7 Å². The molecule has 0 aromatic heterocycles. The largest absolute Gasteiger partial charge is 0.462 e. The minimum atomic E-state index is -1.46. The van der Waals surface area contributed by atoms with Crippen LogP contribution in [0.25, 0.3) is 0 Å². The van der Waals surface area contributed by atoms with Gasteiger partial charge in [0.25, 0.3) is 0 Å². The predicted molar refractivity (Wildman–Crippen MR) is 121 cm³/mol. The highest BCUT2D eigenvalue weighted by Gasteiger charge is 2.71. The quantitative estimate of drug-likeness (QED) is 0.298. The molecule has 4 rings (SSSR count). The number of rotatable bonds is 4. The van der Waals surface area contributed by atoms with E-state index in [0.717, 1.165) is 38.5 Å². The Morgan fingerprint density at radius 3 is 2.47 bits per heavy atom. The van der Waals surface area contributed by atoms with Crippen molar-refractivity contribution in [2.75, 3.05) is 6.67 Å². The molecule has 0 heterocycles. The molecule has 5 nitrogen and oxygen atoms in total. The van der Waals surface area contributed by atoms with Crippen LogP contribution in [0.3, 0.4) is 0 Å². The molecule has 4 aliphatic carbocycles. The summed E-state index contributed by atoms with van der Waals surface area (Å²) in [5.41, 5.74) is -0.631. The van der Waals surface area contributed by atoms with Crippen LogP contribution in [0, 0.1) is 28.6 Å². The number of allylic oxidation sites excluding steroid dienone is 1. The number of hydrogen-bond donors (Lipinski definition) is 0. The Kier molecular flexibility index (Phi) is 6.13. The molecule has 3 fully saturated rings. The lowest BCUT2D eigenvalue weighted by Gasteiger charge is -2.59. The van der Waals surface area contributed by atoms with Gasteiger partial charge in [0, 0.05) is 25.7 Å². The fourth-order valence-corrected chi connectivity index (χ4v) is 9.26. The Hall–Kier alpha value is -1.24. The number of halogens is 2. The minimum Gasteiger partial charge on any atom is -0.462 e. The zero-order valence-corrected chi connectivity index (χ0v) is 21.0. The van der Waals surface area contributed by atoms with E-state index in [1.165, 1.54) is 19.4 Å². The van der Waals surface area contributed by atoms with Crippen molar-refractivity contribution in [2.24, 2.45) is 28.6 Å². The Labute approximate surface area is 198 Å². The number of alkyl halides is 2. The number of fused-ring (bicyclic) bond motifs is 5. The van der Waals surface area contributed by atoms with E-state index in [0.29, 0.717) is 18.3 Å². The van der Waals surface area contributed by atoms with E-state index >= 15 is 0 Å². The van der Waals surface area contributed by atoms with Crippen LogP contribution in [0.5, 0.6) is 0 Å². The summed E-state index contributed by atoms with van der Waals surface area (Å²) in [6.07, 6.45) is 8.11. The number of hydrogen-bond acceptors (Lipinski definition) is 5. The molecule has 3 saturated carbocycles. The summed E-state index contributed by atoms with van der Waals surface area (Å²) in [6, 6.07) is 0. The van der Waals surface area contributed by atoms with Crippen molar-refractivity contribution in [1.29, 1.82) is 0 Å². The molecule has 0 unspecified atom stereocenters. The maximum atomic E-state index is 13.8. The zero-order valence-electron chi connectivity index (χ0n) is 19.4. The number of carbonyl (C=O) groups excluding carboxylic acids is 3. The van der Waals surface area contributed by atoms with Gasteiger partial charge in [0.1, 0.15) is 6.10 Å². The van der Waals surface area contributed by atoms with Gasteiger partial charge in [-0.05, 0) is 61.7 Å². The molecule has 7 heteroatoms. The Balaban J connectivity index is 1.67. The van der Waals surface area contributed by atoms with Gasteiger partial charge in [-0.2, -0.15) is 0 Å². The summed E-state index contributed by atoms with van der Waals surface area (Å²) in [4.78, 5) is 36.1. The monoisotopic (exact) mass is 512 g/mol. The Morgan fingerprint density at radius 2 is 1.84 bits per heavy atom. The molecule has 8 atom stereocenters. The average Bonchev–Trinajstić information content (AvgIpc) is 2.94. The molecule has 178 valence electrons. The molecule has 4 aliphatic rings. The van der Waals surface area contributed by atoms with Gasteiger partial charge in [0.2, 0.25) is 5.78 Å². The second-order valence-corrected chi connectivity index (χ2v) is 11.9. The first-order chi connectivity index (χ1) is 15.0. The SMILES string of the molecule is CC(=O)O[C@H]1CC[C@@]2(C)C(=CC[C@@H]3[C@@H]2CC[C@@]2(C)[C@H]3C[C@H](Br)[C@]2(OC(C)=O)C(=O)CF)C1. The number of ether oxygens (including phenoxy) is 2. The van der Waals surface area contributed by atoms with Gasteiger partial charge in [-0.15, -0.1) is 0 Å². The second kappa shape index (κ2) is 8.21. The zero-order chi connectivity index (χ0) is 23.5. The van der Waals surface area contributed by atoms with Crippen LogP contribution in [0.2, 0.25) is 0 Å². The van der Waals surface area contributed by atoms with Gasteiger partial charge in [-0.3, -0.25) is 14.4 Å². The third kappa shape index (κ3) is 3.32. The molecule has 0 N–H and O–H groups in total. The molecule has 32 heavy (non-hydrogen) atoms. The van der Waals surface area contributed by atoms with Crippen LogP contribution < -0.4 is 0 Å². The van der Waals surface area contributed by atoms with E-state index in [1.807, 2.05) is 6.92 Å². The van der Waals surface area contributed by atoms with Crippen molar-refractivity contribution in [3.8, 4) is 0 Å². The molecule has 0 spiro atoms. The van der Waals surface area contributed by atoms with Crippen LogP contribution in [0.1, 0.15) is 72.6 Å². The number of carbonyl (C=O) groups is 3. The normalized spacial score (nSPS) is 45.1. The summed E-state index contributed by atoms with van der Waals surface area (Å²) in [5.74, 6) is -0.443. The molecule has 0 amide bonds. The van der Waals surface area contributed by atoms with Crippen molar-refractivity contribution < 1.29 is 28.2 Å². The first kappa shape index (κ1) is 23.9. The molecule has 0 aliphatic heterocycles. The van der Waals surface area contributed by atoms with E-state index in [1.54, 1.807) is 0 Å². The highest BCUT2D eigenvalue weighted by Crippen LogP contribution is 2.69. The predicted octanol–water partition coefficient (Wildman–Crippen LogP) is 5.09. The average molecular weight is 513 g/mol. The Morgan fingerprint density at radius 1 is 1.12 bits per heavy atom. The highest BCUT2D eigenvalue weighted by atomic mass is 79.9. The van der Waals surface area contributed by atoms with Gasteiger partial charge in [-0.25, -0.2) is 4.39 Å². The van der Waals surface area contributed by atoms with Gasteiger partial charge in [0.15, 0.2) is 12.3 Å². The minimum absolute atomic E-state index is 0.0412. The smallest absolute Gasteiger partial charge is 0.303 e. The summed E-state index contributed by atoms with van der Waals surface area (Å²) in [7, 11) is 0. The second-order valence-electron chi connectivity index (χ2n) is 10.8. The van der Waals surface area contributed by atoms with Gasteiger partial charge in [-0.1, -0.05) is 41.4 Å². The molecule has 0 saturated heterocycles. The van der Waals surface area contributed by atoms with Crippen molar-refractivity contribution in [3.63, 3.8) is 0 Å². The fourth-order valence-electron chi connectivity index (χ4n) is 7.98. The van der Waals surface area contributed by atoms with Crippen molar-refractivity contribution in [3.05, 3.63) is 11.6 Å². The third-order valence-electron chi connectivity index (χ3n) is 9.37. The van der Waals surface area contributed by atoms with Gasteiger partial charge < -0.3 is 9.47 Å². The van der Waals surface area contributed by atoms with Gasteiger partial charge >= 0.3 is 11.9 Å². The van der Waals surface area contributed by atoms with E-state index in [4.69, 9.17) is 9.47 Å². The van der Waals surface area contributed by atoms with Crippen LogP contribution in [-0.4, -0.2) is 40.9 Å². The topological polar surface area (TPSA) is 69.7 Å². The van der Waals surface area contributed by atoms with E-state index < -0.39 is 34.3 Å². The maximum Gasteiger partial charge on any atom is 0.303 e. The van der Waals surface area contributed by atoms with Crippen LogP contribution >= 0.6 is 15.9 Å². The third-order valence-corrected chi connectivity index (χ3v) is 10.4. The van der Waals surface area contributed by atoms with Crippen molar-refractivity contribution in [1.82, 2.24) is 0 Å². The summed E-state index contributed by atoms with van der Waals surface area (Å²) in [5, 5.41) is 0. The van der Waals surface area contributed by atoms with E-state index in [-0.39, 0.29) is 23.4 Å². The van der Waals surface area contributed by atoms with E-state index in [9.17, 15) is 18.8 Å². The van der Waals surface area contributed by atoms with Crippen LogP contribution in [-0.2, 0) is 23.9 Å². The molecule has 0 bridgehead atoms. The maximum absolute atomic E-state index is 13.8.